The first-order valence-corrected chi connectivity index (χ1v) is 6.50. The first-order chi connectivity index (χ1) is 10.2. The lowest BCUT2D eigenvalue weighted by Crippen LogP contribution is -2.43. The van der Waals surface area contributed by atoms with Crippen molar-refractivity contribution in [2.75, 3.05) is 18.6 Å². The molecule has 1 aliphatic heterocycles. The van der Waals surface area contributed by atoms with Crippen molar-refractivity contribution < 1.29 is 14.3 Å². The minimum absolute atomic E-state index is 0.137. The molecule has 1 atom stereocenters. The number of rotatable bonds is 2. The molecule has 0 saturated carbocycles. The number of methoxy groups -OCH3 is 1. The van der Waals surface area contributed by atoms with E-state index in [0.29, 0.717) is 24.0 Å². The maximum absolute atomic E-state index is 12.6. The van der Waals surface area contributed by atoms with Crippen LogP contribution in [0.2, 0.25) is 0 Å². The third kappa shape index (κ3) is 2.49. The van der Waals surface area contributed by atoms with Gasteiger partial charge in [0.15, 0.2) is 5.69 Å². The molecule has 1 unspecified atom stereocenters. The number of hydrogen-bond acceptors (Lipinski definition) is 6. The van der Waals surface area contributed by atoms with Gasteiger partial charge in [-0.2, -0.15) is 0 Å². The van der Waals surface area contributed by atoms with E-state index in [4.69, 9.17) is 9.47 Å². The van der Waals surface area contributed by atoms with Gasteiger partial charge in [-0.3, -0.25) is 9.69 Å². The van der Waals surface area contributed by atoms with E-state index in [1.807, 2.05) is 6.92 Å². The van der Waals surface area contributed by atoms with Gasteiger partial charge in [-0.1, -0.05) is 0 Å². The van der Waals surface area contributed by atoms with Gasteiger partial charge in [-0.25, -0.2) is 4.98 Å². The number of aromatic nitrogens is 3. The molecule has 0 N–H and O–H groups in total. The van der Waals surface area contributed by atoms with Crippen LogP contribution in [0.3, 0.4) is 0 Å². The Kier molecular flexibility index (Phi) is 3.39. The molecule has 21 heavy (non-hydrogen) atoms. The maximum atomic E-state index is 12.6. The highest BCUT2D eigenvalue weighted by Crippen LogP contribution is 2.31. The molecule has 7 heteroatoms. The van der Waals surface area contributed by atoms with Gasteiger partial charge in [0.2, 0.25) is 11.8 Å². The first kappa shape index (κ1) is 13.3. The Balaban J connectivity index is 1.93. The number of carbonyl (C=O) groups excluding carboxylic acids is 1. The van der Waals surface area contributed by atoms with Crippen LogP contribution in [-0.2, 0) is 0 Å². The molecule has 2 aromatic rings. The fourth-order valence-electron chi connectivity index (χ4n) is 2.14. The van der Waals surface area contributed by atoms with E-state index in [1.54, 1.807) is 35.4 Å². The average molecular weight is 286 g/mol. The molecule has 0 saturated heterocycles. The van der Waals surface area contributed by atoms with Crippen LogP contribution < -0.4 is 14.4 Å². The summed E-state index contributed by atoms with van der Waals surface area (Å²) in [6, 6.07) is 6.75. The van der Waals surface area contributed by atoms with Crippen molar-refractivity contribution >= 4 is 11.6 Å². The summed E-state index contributed by atoms with van der Waals surface area (Å²) in [4.78, 5) is 18.4. The van der Waals surface area contributed by atoms with Crippen molar-refractivity contribution in [2.24, 2.45) is 0 Å². The molecule has 0 radical (unpaired) electrons. The monoisotopic (exact) mass is 286 g/mol. The summed E-state index contributed by atoms with van der Waals surface area (Å²) in [6.07, 6.45) is 1.50. The lowest BCUT2D eigenvalue weighted by atomic mass is 10.2. The van der Waals surface area contributed by atoms with Crippen LogP contribution in [0.1, 0.15) is 17.4 Å². The molecule has 1 aliphatic rings. The smallest absolute Gasteiger partial charge is 0.279 e. The van der Waals surface area contributed by atoms with Crippen molar-refractivity contribution in [3.8, 4) is 11.8 Å². The fourth-order valence-corrected chi connectivity index (χ4v) is 2.14. The summed E-state index contributed by atoms with van der Waals surface area (Å²) in [7, 11) is 1.50. The zero-order chi connectivity index (χ0) is 14.8. The quantitative estimate of drug-likeness (QED) is 0.828. The molecule has 0 aromatic carbocycles. The van der Waals surface area contributed by atoms with E-state index in [9.17, 15) is 4.79 Å². The number of pyridine rings is 1. The van der Waals surface area contributed by atoms with E-state index in [1.165, 1.54) is 7.11 Å². The van der Waals surface area contributed by atoms with Crippen LogP contribution in [0.15, 0.2) is 30.5 Å². The molecule has 0 fully saturated rings. The Bertz CT molecular complexity index is 660. The molecule has 2 aromatic heterocycles. The normalized spacial score (nSPS) is 16.9. The molecule has 3 rings (SSSR count). The molecule has 0 aliphatic carbocycles. The molecule has 0 bridgehead atoms. The molecule has 0 spiro atoms. The van der Waals surface area contributed by atoms with E-state index < -0.39 is 0 Å². The van der Waals surface area contributed by atoms with Gasteiger partial charge in [0, 0.05) is 12.3 Å². The predicted octanol–water partition coefficient (Wildman–Crippen LogP) is 1.31. The summed E-state index contributed by atoms with van der Waals surface area (Å²) < 4.78 is 10.6. The number of nitrogens with zero attached hydrogens (tertiary/aromatic N) is 4. The van der Waals surface area contributed by atoms with Crippen molar-refractivity contribution in [3.63, 3.8) is 0 Å². The molecule has 108 valence electrons. The van der Waals surface area contributed by atoms with Crippen LogP contribution in [0.5, 0.6) is 11.8 Å². The summed E-state index contributed by atoms with van der Waals surface area (Å²) in [5.41, 5.74) is 0.887. The number of amides is 1. The largest absolute Gasteiger partial charge is 0.480 e. The lowest BCUT2D eigenvalue weighted by Gasteiger charge is -2.32. The van der Waals surface area contributed by atoms with Crippen LogP contribution in [0.4, 0.5) is 5.69 Å². The van der Waals surface area contributed by atoms with Crippen LogP contribution in [0.25, 0.3) is 0 Å². The Morgan fingerprint density at radius 3 is 2.95 bits per heavy atom. The third-order valence-corrected chi connectivity index (χ3v) is 3.11. The first-order valence-electron chi connectivity index (χ1n) is 6.50. The minimum atomic E-state index is -0.241. The minimum Gasteiger partial charge on any atom is -0.480 e. The van der Waals surface area contributed by atoms with Gasteiger partial charge >= 0.3 is 0 Å². The van der Waals surface area contributed by atoms with Crippen LogP contribution in [0, 0.1) is 0 Å². The number of fused-ring (bicyclic) bond motifs is 1. The molecule has 1 amide bonds. The summed E-state index contributed by atoms with van der Waals surface area (Å²) in [6.45, 7) is 2.32. The summed E-state index contributed by atoms with van der Waals surface area (Å²) >= 11 is 0. The standard InChI is InChI=1S/C14H14N4O3/c1-9-8-18(11-4-3-7-15-13(11)21-9)14(19)10-5-6-12(20-2)17-16-10/h3-7,9H,8H2,1-2H3. The van der Waals surface area contributed by atoms with Crippen molar-refractivity contribution in [1.82, 2.24) is 15.2 Å². The zero-order valence-corrected chi connectivity index (χ0v) is 11.7. The third-order valence-electron chi connectivity index (χ3n) is 3.11. The second-order valence-corrected chi connectivity index (χ2v) is 4.63. The number of hydrogen-bond donors (Lipinski definition) is 0. The molecule has 7 nitrogen and oxygen atoms in total. The number of carbonyl (C=O) groups is 1. The van der Waals surface area contributed by atoms with Gasteiger partial charge in [0.25, 0.3) is 5.91 Å². The van der Waals surface area contributed by atoms with Gasteiger partial charge in [0.1, 0.15) is 11.8 Å². The van der Waals surface area contributed by atoms with Crippen molar-refractivity contribution in [1.29, 1.82) is 0 Å². The van der Waals surface area contributed by atoms with Crippen molar-refractivity contribution in [2.45, 2.75) is 13.0 Å². The Morgan fingerprint density at radius 2 is 2.24 bits per heavy atom. The van der Waals surface area contributed by atoms with E-state index in [2.05, 4.69) is 15.2 Å². The second kappa shape index (κ2) is 5.35. The highest BCUT2D eigenvalue weighted by atomic mass is 16.5. The van der Waals surface area contributed by atoms with Gasteiger partial charge in [-0.15, -0.1) is 10.2 Å². The number of anilines is 1. The lowest BCUT2D eigenvalue weighted by molar-refractivity contribution is 0.0952. The second-order valence-electron chi connectivity index (χ2n) is 4.63. The Hall–Kier alpha value is -2.70. The van der Waals surface area contributed by atoms with E-state index in [-0.39, 0.29) is 17.7 Å². The Labute approximate surface area is 121 Å². The van der Waals surface area contributed by atoms with Crippen molar-refractivity contribution in [3.05, 3.63) is 36.2 Å². The zero-order valence-electron chi connectivity index (χ0n) is 11.7. The van der Waals surface area contributed by atoms with Gasteiger partial charge in [-0.05, 0) is 25.1 Å². The highest BCUT2D eigenvalue weighted by Gasteiger charge is 2.29. The molecule has 3 heterocycles. The average Bonchev–Trinajstić information content (AvgIpc) is 2.53. The van der Waals surface area contributed by atoms with E-state index in [0.717, 1.165) is 0 Å². The SMILES string of the molecule is COc1ccc(C(=O)N2CC(C)Oc3ncccc32)nn1. The summed E-state index contributed by atoms with van der Waals surface area (Å²) in [5.74, 6) is 0.574. The molecular formula is C14H14N4O3. The number of ether oxygens (including phenoxy) is 2. The van der Waals surface area contributed by atoms with Gasteiger partial charge in [0.05, 0.1) is 13.7 Å². The van der Waals surface area contributed by atoms with Crippen LogP contribution in [-0.4, -0.2) is 40.8 Å². The van der Waals surface area contributed by atoms with Gasteiger partial charge < -0.3 is 9.47 Å². The predicted molar refractivity (Wildman–Crippen MR) is 74.6 cm³/mol. The highest BCUT2D eigenvalue weighted by molar-refractivity contribution is 6.05. The molecular weight excluding hydrogens is 272 g/mol. The summed E-state index contributed by atoms with van der Waals surface area (Å²) in [5, 5.41) is 7.72. The fraction of sp³-hybridized carbons (Fsp3) is 0.286. The maximum Gasteiger partial charge on any atom is 0.279 e. The van der Waals surface area contributed by atoms with E-state index >= 15 is 0 Å². The van der Waals surface area contributed by atoms with Crippen LogP contribution >= 0.6 is 0 Å². The topological polar surface area (TPSA) is 77.4 Å². The Morgan fingerprint density at radius 1 is 1.38 bits per heavy atom.